The van der Waals surface area contributed by atoms with Crippen molar-refractivity contribution in [3.8, 4) is 0 Å². The molecule has 1 aromatic rings. The molecule has 23 heavy (non-hydrogen) atoms. The smallest absolute Gasteiger partial charge is 0.220 e. The number of carbonyl (C=O) groups is 1. The van der Waals surface area contributed by atoms with Gasteiger partial charge < -0.3 is 15.5 Å². The van der Waals surface area contributed by atoms with Crippen LogP contribution in [0.25, 0.3) is 0 Å². The van der Waals surface area contributed by atoms with Gasteiger partial charge in [-0.25, -0.2) is 0 Å². The predicted octanol–water partition coefficient (Wildman–Crippen LogP) is 2.26. The Morgan fingerprint density at radius 2 is 2.17 bits per heavy atom. The van der Waals surface area contributed by atoms with Gasteiger partial charge in [0.05, 0.1) is 0 Å². The van der Waals surface area contributed by atoms with E-state index in [2.05, 4.69) is 53.8 Å². The van der Waals surface area contributed by atoms with Crippen molar-refractivity contribution < 1.29 is 4.79 Å². The molecule has 1 saturated heterocycles. The van der Waals surface area contributed by atoms with E-state index in [4.69, 9.17) is 0 Å². The SMILES string of the molecule is CC(CC(=O)NCCN(C)Cc1ccccc1)C1CCCNC1. The zero-order valence-corrected chi connectivity index (χ0v) is 14.6. The standard InChI is InChI=1S/C19H31N3O/c1-16(18-9-6-10-20-14-18)13-19(23)21-11-12-22(2)15-17-7-4-3-5-8-17/h3-5,7-8,16,18,20H,6,9-15H2,1-2H3,(H,21,23). The number of piperidine rings is 1. The monoisotopic (exact) mass is 317 g/mol. The maximum atomic E-state index is 12.1. The Morgan fingerprint density at radius 1 is 1.39 bits per heavy atom. The first-order valence-electron chi connectivity index (χ1n) is 8.85. The summed E-state index contributed by atoms with van der Waals surface area (Å²) in [5.41, 5.74) is 1.31. The fraction of sp³-hybridized carbons (Fsp3) is 0.632. The summed E-state index contributed by atoms with van der Waals surface area (Å²) in [6.07, 6.45) is 3.14. The van der Waals surface area contributed by atoms with Crippen LogP contribution in [0.4, 0.5) is 0 Å². The minimum Gasteiger partial charge on any atom is -0.355 e. The van der Waals surface area contributed by atoms with Gasteiger partial charge in [-0.3, -0.25) is 4.79 Å². The van der Waals surface area contributed by atoms with Crippen LogP contribution in [0.15, 0.2) is 30.3 Å². The third kappa shape index (κ3) is 6.71. The van der Waals surface area contributed by atoms with Gasteiger partial charge in [-0.05, 0) is 50.4 Å². The van der Waals surface area contributed by atoms with Crippen LogP contribution in [0.5, 0.6) is 0 Å². The number of benzene rings is 1. The van der Waals surface area contributed by atoms with Crippen LogP contribution in [0.3, 0.4) is 0 Å². The van der Waals surface area contributed by atoms with E-state index < -0.39 is 0 Å². The summed E-state index contributed by atoms with van der Waals surface area (Å²) in [5.74, 6) is 1.30. The van der Waals surface area contributed by atoms with Gasteiger partial charge in [0, 0.05) is 26.1 Å². The molecule has 2 rings (SSSR count). The van der Waals surface area contributed by atoms with Crippen molar-refractivity contribution in [1.29, 1.82) is 0 Å². The molecule has 2 N–H and O–H groups in total. The molecule has 1 heterocycles. The largest absolute Gasteiger partial charge is 0.355 e. The van der Waals surface area contributed by atoms with Crippen LogP contribution in [0.2, 0.25) is 0 Å². The maximum Gasteiger partial charge on any atom is 0.220 e. The molecule has 1 fully saturated rings. The van der Waals surface area contributed by atoms with E-state index in [0.717, 1.165) is 32.7 Å². The van der Waals surface area contributed by atoms with E-state index in [0.29, 0.717) is 18.3 Å². The van der Waals surface area contributed by atoms with Crippen molar-refractivity contribution in [2.24, 2.45) is 11.8 Å². The lowest BCUT2D eigenvalue weighted by Gasteiger charge is -2.28. The molecule has 0 radical (unpaired) electrons. The second kappa shape index (κ2) is 9.68. The number of hydrogen-bond acceptors (Lipinski definition) is 3. The molecule has 2 atom stereocenters. The lowest BCUT2D eigenvalue weighted by molar-refractivity contribution is -0.122. The summed E-state index contributed by atoms with van der Waals surface area (Å²) < 4.78 is 0. The summed E-state index contributed by atoms with van der Waals surface area (Å²) in [6.45, 7) is 6.91. The van der Waals surface area contributed by atoms with Crippen molar-refractivity contribution in [1.82, 2.24) is 15.5 Å². The van der Waals surface area contributed by atoms with Crippen molar-refractivity contribution in [2.45, 2.75) is 32.7 Å². The Kier molecular flexibility index (Phi) is 7.56. The van der Waals surface area contributed by atoms with E-state index in [1.54, 1.807) is 0 Å². The fourth-order valence-corrected chi connectivity index (χ4v) is 3.26. The first-order chi connectivity index (χ1) is 11.1. The van der Waals surface area contributed by atoms with E-state index in [1.807, 2.05) is 6.07 Å². The number of amides is 1. The lowest BCUT2D eigenvalue weighted by Crippen LogP contribution is -2.37. The molecule has 0 spiro atoms. The van der Waals surface area contributed by atoms with Crippen molar-refractivity contribution in [3.63, 3.8) is 0 Å². The average Bonchev–Trinajstić information content (AvgIpc) is 2.56. The van der Waals surface area contributed by atoms with Crippen LogP contribution in [0.1, 0.15) is 31.7 Å². The van der Waals surface area contributed by atoms with Gasteiger partial charge in [-0.1, -0.05) is 37.3 Å². The fourth-order valence-electron chi connectivity index (χ4n) is 3.26. The minimum atomic E-state index is 0.191. The highest BCUT2D eigenvalue weighted by Gasteiger charge is 2.21. The first kappa shape index (κ1) is 18.0. The molecule has 1 aromatic carbocycles. The molecule has 1 amide bonds. The number of rotatable bonds is 8. The molecule has 1 aliphatic heterocycles. The molecule has 4 nitrogen and oxygen atoms in total. The molecule has 4 heteroatoms. The Balaban J connectivity index is 1.60. The first-order valence-corrected chi connectivity index (χ1v) is 8.85. The van der Waals surface area contributed by atoms with Gasteiger partial charge in [0.25, 0.3) is 0 Å². The molecule has 0 saturated carbocycles. The second-order valence-electron chi connectivity index (χ2n) is 6.86. The number of carbonyl (C=O) groups excluding carboxylic acids is 1. The van der Waals surface area contributed by atoms with Crippen molar-refractivity contribution in [2.75, 3.05) is 33.2 Å². The van der Waals surface area contributed by atoms with Crippen LogP contribution in [-0.4, -0.2) is 44.0 Å². The highest BCUT2D eigenvalue weighted by atomic mass is 16.1. The predicted molar refractivity (Wildman–Crippen MR) is 95.2 cm³/mol. The Bertz CT molecular complexity index is 457. The third-order valence-electron chi connectivity index (χ3n) is 4.76. The van der Waals surface area contributed by atoms with Gasteiger partial charge >= 0.3 is 0 Å². The third-order valence-corrected chi connectivity index (χ3v) is 4.76. The number of hydrogen-bond donors (Lipinski definition) is 2. The quantitative estimate of drug-likeness (QED) is 0.773. The molecular formula is C19H31N3O. The topological polar surface area (TPSA) is 44.4 Å². The van der Waals surface area contributed by atoms with Gasteiger partial charge in [0.2, 0.25) is 5.91 Å². The van der Waals surface area contributed by atoms with E-state index >= 15 is 0 Å². The van der Waals surface area contributed by atoms with E-state index in [-0.39, 0.29) is 5.91 Å². The van der Waals surface area contributed by atoms with Crippen molar-refractivity contribution >= 4 is 5.91 Å². The molecule has 2 unspecified atom stereocenters. The molecule has 0 aromatic heterocycles. The number of nitrogens with zero attached hydrogens (tertiary/aromatic N) is 1. The lowest BCUT2D eigenvalue weighted by atomic mass is 9.85. The van der Waals surface area contributed by atoms with Crippen molar-refractivity contribution in [3.05, 3.63) is 35.9 Å². The normalized spacial score (nSPS) is 19.5. The second-order valence-corrected chi connectivity index (χ2v) is 6.86. The van der Waals surface area contributed by atoms with Crippen LogP contribution in [-0.2, 0) is 11.3 Å². The minimum absolute atomic E-state index is 0.191. The summed E-state index contributed by atoms with van der Waals surface area (Å²) in [4.78, 5) is 14.3. The van der Waals surface area contributed by atoms with Gasteiger partial charge in [0.1, 0.15) is 0 Å². The van der Waals surface area contributed by atoms with E-state index in [9.17, 15) is 4.79 Å². The Hall–Kier alpha value is -1.39. The van der Waals surface area contributed by atoms with E-state index in [1.165, 1.54) is 18.4 Å². The van der Waals surface area contributed by atoms with Crippen LogP contribution < -0.4 is 10.6 Å². The van der Waals surface area contributed by atoms with Gasteiger partial charge in [-0.15, -0.1) is 0 Å². The van der Waals surface area contributed by atoms with Gasteiger partial charge in [0.15, 0.2) is 0 Å². The van der Waals surface area contributed by atoms with Gasteiger partial charge in [-0.2, -0.15) is 0 Å². The summed E-state index contributed by atoms with van der Waals surface area (Å²) in [7, 11) is 2.09. The Labute approximate surface area is 140 Å². The molecule has 0 aliphatic carbocycles. The number of nitrogens with one attached hydrogen (secondary N) is 2. The van der Waals surface area contributed by atoms with Crippen LogP contribution in [0, 0.1) is 11.8 Å². The Morgan fingerprint density at radius 3 is 2.87 bits per heavy atom. The summed E-state index contributed by atoms with van der Waals surface area (Å²) in [6, 6.07) is 10.4. The molecule has 0 bridgehead atoms. The summed E-state index contributed by atoms with van der Waals surface area (Å²) in [5, 5.41) is 6.50. The molecule has 128 valence electrons. The van der Waals surface area contributed by atoms with Crippen LogP contribution >= 0.6 is 0 Å². The number of likely N-dealkylation sites (N-methyl/N-ethyl adjacent to an activating group) is 1. The zero-order chi connectivity index (χ0) is 16.5. The zero-order valence-electron chi connectivity index (χ0n) is 14.6. The average molecular weight is 317 g/mol. The maximum absolute atomic E-state index is 12.1. The summed E-state index contributed by atoms with van der Waals surface area (Å²) >= 11 is 0. The highest BCUT2D eigenvalue weighted by molar-refractivity contribution is 5.76. The molecular weight excluding hydrogens is 286 g/mol. The molecule has 1 aliphatic rings. The highest BCUT2D eigenvalue weighted by Crippen LogP contribution is 2.22.